The van der Waals surface area contributed by atoms with Crippen LogP contribution in [0.1, 0.15) is 39.2 Å². The molecule has 0 bridgehead atoms. The van der Waals surface area contributed by atoms with Gasteiger partial charge in [0.1, 0.15) is 22.7 Å². The molecule has 0 saturated heterocycles. The molecule has 0 saturated carbocycles. The van der Waals surface area contributed by atoms with Gasteiger partial charge in [-0.15, -0.1) is 0 Å². The van der Waals surface area contributed by atoms with Crippen LogP contribution >= 0.6 is 0 Å². The average molecular weight is 398 g/mol. The number of aliphatic imine (C=N–C) groups is 1. The second-order valence-corrected chi connectivity index (χ2v) is 7.64. The van der Waals surface area contributed by atoms with Crippen molar-refractivity contribution in [2.24, 2.45) is 4.99 Å². The Labute approximate surface area is 158 Å². The maximum absolute atomic E-state index is 14.5. The number of carbonyl (C=O) groups excluding carboxylic acids is 2. The maximum Gasteiger partial charge on any atom is 0.403 e. The summed E-state index contributed by atoms with van der Waals surface area (Å²) in [5.41, 5.74) is -5.43. The molecular weight excluding hydrogens is 380 g/mol. The second-order valence-electron chi connectivity index (χ2n) is 7.64. The van der Waals surface area contributed by atoms with Gasteiger partial charge < -0.3 is 10.1 Å². The highest BCUT2D eigenvalue weighted by molar-refractivity contribution is 6.09. The van der Waals surface area contributed by atoms with Crippen LogP contribution in [0.4, 0.5) is 23.2 Å². The number of anilines is 1. The zero-order valence-electron chi connectivity index (χ0n) is 15.4. The fourth-order valence-electron chi connectivity index (χ4n) is 3.47. The molecule has 150 valence electrons. The van der Waals surface area contributed by atoms with E-state index >= 15 is 0 Å². The van der Waals surface area contributed by atoms with Gasteiger partial charge in [-0.3, -0.25) is 9.59 Å². The summed E-state index contributed by atoms with van der Waals surface area (Å²) in [4.78, 5) is 28.9. The Morgan fingerprint density at radius 3 is 2.57 bits per heavy atom. The summed E-state index contributed by atoms with van der Waals surface area (Å²) in [5.74, 6) is -3.21. The van der Waals surface area contributed by atoms with Gasteiger partial charge in [-0.2, -0.15) is 13.2 Å². The van der Waals surface area contributed by atoms with E-state index in [1.54, 1.807) is 0 Å². The van der Waals surface area contributed by atoms with Gasteiger partial charge in [0.25, 0.3) is 0 Å². The van der Waals surface area contributed by atoms with Crippen LogP contribution in [-0.4, -0.2) is 29.7 Å². The number of esters is 1. The van der Waals surface area contributed by atoms with E-state index in [1.165, 1.54) is 27.0 Å². The van der Waals surface area contributed by atoms with Gasteiger partial charge in [0.05, 0.1) is 12.0 Å². The number of rotatable bonds is 2. The molecule has 0 aromatic heterocycles. The molecule has 2 aliphatic rings. The van der Waals surface area contributed by atoms with E-state index in [0.29, 0.717) is 6.07 Å². The molecule has 0 fully saturated rings. The van der Waals surface area contributed by atoms with E-state index in [0.717, 1.165) is 12.1 Å². The number of hydrogen-bond donors (Lipinski definition) is 1. The molecule has 0 radical (unpaired) electrons. The van der Waals surface area contributed by atoms with E-state index in [4.69, 9.17) is 4.74 Å². The third kappa shape index (κ3) is 3.29. The summed E-state index contributed by atoms with van der Waals surface area (Å²) >= 11 is 0. The number of hydrogen-bond acceptors (Lipinski definition) is 5. The minimum Gasteiger partial charge on any atom is -0.460 e. The van der Waals surface area contributed by atoms with Crippen molar-refractivity contribution in [2.45, 2.75) is 50.8 Å². The van der Waals surface area contributed by atoms with Crippen LogP contribution in [0.5, 0.6) is 0 Å². The Bertz CT molecular complexity index is 913. The molecule has 5 nitrogen and oxygen atoms in total. The molecule has 1 N–H and O–H groups in total. The number of alkyl halides is 3. The minimum atomic E-state index is -5.09. The van der Waals surface area contributed by atoms with Crippen molar-refractivity contribution < 1.29 is 31.9 Å². The normalized spacial score (nSPS) is 21.8. The molecule has 1 aromatic rings. The number of allylic oxidation sites excluding steroid dienone is 1. The molecular formula is C19H18F4N2O3. The summed E-state index contributed by atoms with van der Waals surface area (Å²) in [5, 5.41) is 2.65. The first-order valence-corrected chi connectivity index (χ1v) is 8.51. The van der Waals surface area contributed by atoms with Crippen molar-refractivity contribution in [1.29, 1.82) is 0 Å². The first kappa shape index (κ1) is 20.0. The summed E-state index contributed by atoms with van der Waals surface area (Å²) in [6, 6.07) is 2.80. The summed E-state index contributed by atoms with van der Waals surface area (Å²) in [7, 11) is 0. The van der Waals surface area contributed by atoms with Gasteiger partial charge in [-0.05, 0) is 44.5 Å². The van der Waals surface area contributed by atoms with Crippen LogP contribution in [0.3, 0.4) is 0 Å². The third-order valence-electron chi connectivity index (χ3n) is 4.45. The van der Waals surface area contributed by atoms with Crippen LogP contribution in [0.15, 0.2) is 34.6 Å². The van der Waals surface area contributed by atoms with E-state index in [9.17, 15) is 27.2 Å². The fraction of sp³-hybridized carbons (Fsp3) is 0.421. The highest BCUT2D eigenvalue weighted by atomic mass is 19.4. The Morgan fingerprint density at radius 2 is 1.96 bits per heavy atom. The number of Topliss-reactive ketones (excluding diaryl/α,β-unsaturated/α-hetero) is 1. The topological polar surface area (TPSA) is 67.8 Å². The zero-order valence-corrected chi connectivity index (χ0v) is 15.4. The first-order valence-electron chi connectivity index (χ1n) is 8.51. The maximum atomic E-state index is 14.5. The van der Waals surface area contributed by atoms with Crippen molar-refractivity contribution in [1.82, 2.24) is 0 Å². The van der Waals surface area contributed by atoms with Gasteiger partial charge in [-0.25, -0.2) is 9.38 Å². The number of nitrogens with zero attached hydrogens (tertiary/aromatic N) is 1. The van der Waals surface area contributed by atoms with Crippen LogP contribution in [-0.2, 0) is 19.7 Å². The molecule has 1 aromatic carbocycles. The Balaban J connectivity index is 2.29. The number of ether oxygens (including phenoxy) is 1. The molecule has 28 heavy (non-hydrogen) atoms. The number of benzene rings is 1. The Hall–Kier alpha value is -2.71. The van der Waals surface area contributed by atoms with Crippen molar-refractivity contribution >= 4 is 23.7 Å². The molecule has 1 unspecified atom stereocenters. The largest absolute Gasteiger partial charge is 0.460 e. The summed E-state index contributed by atoms with van der Waals surface area (Å²) in [6.45, 7) is 4.55. The SMILES string of the molecule is CC(C)(C)OC(=O)CC1(C(F)(F)F)C2=C(N=CCC2=O)Nc2ccc(F)cc21. The molecule has 2 aliphatic heterocycles. The molecule has 3 rings (SSSR count). The summed E-state index contributed by atoms with van der Waals surface area (Å²) < 4.78 is 62.7. The van der Waals surface area contributed by atoms with Crippen LogP contribution in [0, 0.1) is 5.82 Å². The van der Waals surface area contributed by atoms with E-state index in [2.05, 4.69) is 10.3 Å². The predicted octanol–water partition coefficient (Wildman–Crippen LogP) is 4.04. The van der Waals surface area contributed by atoms with Gasteiger partial charge in [0.2, 0.25) is 0 Å². The van der Waals surface area contributed by atoms with Crippen LogP contribution in [0.25, 0.3) is 0 Å². The number of carbonyl (C=O) groups is 2. The fourth-order valence-corrected chi connectivity index (χ4v) is 3.47. The number of halogens is 4. The van der Waals surface area contributed by atoms with Crippen molar-refractivity contribution in [2.75, 3.05) is 5.32 Å². The van der Waals surface area contributed by atoms with Gasteiger partial charge in [-0.1, -0.05) is 0 Å². The van der Waals surface area contributed by atoms with Crippen molar-refractivity contribution in [3.8, 4) is 0 Å². The first-order chi connectivity index (χ1) is 12.8. The lowest BCUT2D eigenvalue weighted by atomic mass is 9.66. The second kappa shape index (κ2) is 6.42. The standard InChI is InChI=1S/C19H18F4N2O3/c1-17(2,3)28-14(27)9-18(19(21,22)23)11-8-10(20)4-5-12(11)25-16-15(18)13(26)6-7-24-16/h4-5,7-8,25H,6,9H2,1-3H3. The number of fused-ring (bicyclic) bond motifs is 1. The summed E-state index contributed by atoms with van der Waals surface area (Å²) in [6.07, 6.45) is -5.45. The van der Waals surface area contributed by atoms with Crippen molar-refractivity contribution in [3.63, 3.8) is 0 Å². The third-order valence-corrected chi connectivity index (χ3v) is 4.45. The van der Waals surface area contributed by atoms with E-state index in [1.807, 2.05) is 0 Å². The molecule has 0 spiro atoms. The molecule has 9 heteroatoms. The van der Waals surface area contributed by atoms with Crippen molar-refractivity contribution in [3.05, 3.63) is 41.0 Å². The number of nitrogens with one attached hydrogen (secondary N) is 1. The Morgan fingerprint density at radius 1 is 1.29 bits per heavy atom. The van der Waals surface area contributed by atoms with Crippen LogP contribution in [0.2, 0.25) is 0 Å². The lowest BCUT2D eigenvalue weighted by molar-refractivity contribution is -0.193. The smallest absolute Gasteiger partial charge is 0.403 e. The van der Waals surface area contributed by atoms with Crippen LogP contribution < -0.4 is 5.32 Å². The average Bonchev–Trinajstić information content (AvgIpc) is 2.52. The lowest BCUT2D eigenvalue weighted by Crippen LogP contribution is -2.52. The van der Waals surface area contributed by atoms with Gasteiger partial charge in [0, 0.05) is 18.3 Å². The molecule has 1 atom stereocenters. The zero-order chi connectivity index (χ0) is 20.9. The van der Waals surface area contributed by atoms with Gasteiger partial charge >= 0.3 is 12.1 Å². The minimum absolute atomic E-state index is 0.0760. The van der Waals surface area contributed by atoms with E-state index < -0.39 is 52.3 Å². The van der Waals surface area contributed by atoms with E-state index in [-0.39, 0.29) is 17.9 Å². The number of ketones is 1. The Kier molecular flexibility index (Phi) is 4.60. The highest BCUT2D eigenvalue weighted by Crippen LogP contribution is 2.55. The molecule has 2 heterocycles. The lowest BCUT2D eigenvalue weighted by Gasteiger charge is -2.42. The molecule has 0 aliphatic carbocycles. The quantitative estimate of drug-likeness (QED) is 0.603. The highest BCUT2D eigenvalue weighted by Gasteiger charge is 2.64. The monoisotopic (exact) mass is 398 g/mol. The predicted molar refractivity (Wildman–Crippen MR) is 93.4 cm³/mol. The van der Waals surface area contributed by atoms with Gasteiger partial charge in [0.15, 0.2) is 5.78 Å². The molecule has 0 amide bonds.